The van der Waals surface area contributed by atoms with E-state index in [9.17, 15) is 13.2 Å². The third-order valence-corrected chi connectivity index (χ3v) is 10.7. The average molecular weight is 648 g/mol. The predicted molar refractivity (Wildman–Crippen MR) is 122 cm³/mol. The number of carbonyl (C=O) groups excluding carboxylic acids is 1. The van der Waals surface area contributed by atoms with Crippen molar-refractivity contribution in [2.75, 3.05) is 13.1 Å². The van der Waals surface area contributed by atoms with E-state index in [-0.39, 0.29) is 11.8 Å². The SMILES string of the molecule is O=C(NCc1ccc(I)cc1)C1CCN(S(=O)(=O)c2cc(Br)c(Br)s2)CC1. The standard InChI is InChI=1S/C17H17Br2IN2O3S2/c18-14-9-15(26-16(14)19)27(24,25)22-7-5-12(6-8-22)17(23)21-10-11-1-3-13(20)4-2-11/h1-4,9,12H,5-8,10H2,(H,21,23). The largest absolute Gasteiger partial charge is 0.352 e. The molecule has 1 aliphatic rings. The van der Waals surface area contributed by atoms with Crippen molar-refractivity contribution in [1.82, 2.24) is 9.62 Å². The van der Waals surface area contributed by atoms with E-state index >= 15 is 0 Å². The molecule has 2 aromatic rings. The summed E-state index contributed by atoms with van der Waals surface area (Å²) >= 11 is 10.1. The van der Waals surface area contributed by atoms with Crippen LogP contribution in [-0.2, 0) is 21.4 Å². The summed E-state index contributed by atoms with van der Waals surface area (Å²) in [5.74, 6) is -0.158. The molecule has 1 saturated heterocycles. The van der Waals surface area contributed by atoms with Gasteiger partial charge in [-0.15, -0.1) is 11.3 Å². The summed E-state index contributed by atoms with van der Waals surface area (Å²) in [6, 6.07) is 9.62. The van der Waals surface area contributed by atoms with Crippen LogP contribution in [0.4, 0.5) is 0 Å². The average Bonchev–Trinajstić information content (AvgIpc) is 3.00. The van der Waals surface area contributed by atoms with Crippen molar-refractivity contribution in [3.05, 3.63) is 47.7 Å². The lowest BCUT2D eigenvalue weighted by molar-refractivity contribution is -0.126. The Morgan fingerprint density at radius 2 is 1.85 bits per heavy atom. The molecule has 0 atom stereocenters. The van der Waals surface area contributed by atoms with E-state index in [4.69, 9.17) is 0 Å². The highest BCUT2D eigenvalue weighted by molar-refractivity contribution is 14.1. The van der Waals surface area contributed by atoms with Gasteiger partial charge in [0, 0.05) is 33.6 Å². The Morgan fingerprint density at radius 3 is 2.41 bits per heavy atom. The van der Waals surface area contributed by atoms with Crippen LogP contribution in [0.2, 0.25) is 0 Å². The summed E-state index contributed by atoms with van der Waals surface area (Å²) in [4.78, 5) is 12.4. The Labute approximate surface area is 193 Å². The van der Waals surface area contributed by atoms with Crippen molar-refractivity contribution < 1.29 is 13.2 Å². The Hall–Kier alpha value is -0.0100. The molecule has 0 unspecified atom stereocenters. The lowest BCUT2D eigenvalue weighted by Gasteiger charge is -2.30. The second-order valence-electron chi connectivity index (χ2n) is 6.21. The quantitative estimate of drug-likeness (QED) is 0.483. The molecule has 146 valence electrons. The molecule has 1 amide bonds. The number of hydrogen-bond acceptors (Lipinski definition) is 4. The van der Waals surface area contributed by atoms with E-state index in [1.54, 1.807) is 6.07 Å². The first-order valence-electron chi connectivity index (χ1n) is 8.24. The third kappa shape index (κ3) is 5.33. The van der Waals surface area contributed by atoms with Crippen LogP contribution in [0, 0.1) is 9.49 Å². The second kappa shape index (κ2) is 9.21. The highest BCUT2D eigenvalue weighted by Gasteiger charge is 2.33. The summed E-state index contributed by atoms with van der Waals surface area (Å²) in [6.45, 7) is 1.21. The van der Waals surface area contributed by atoms with E-state index in [1.165, 1.54) is 15.6 Å². The van der Waals surface area contributed by atoms with Crippen molar-refractivity contribution in [2.24, 2.45) is 5.92 Å². The molecule has 2 heterocycles. The zero-order valence-corrected chi connectivity index (χ0v) is 21.1. The van der Waals surface area contributed by atoms with Crippen molar-refractivity contribution in [3.63, 3.8) is 0 Å². The number of nitrogens with zero attached hydrogens (tertiary/aromatic N) is 1. The summed E-state index contributed by atoms with van der Waals surface area (Å²) in [5.41, 5.74) is 1.05. The van der Waals surface area contributed by atoms with E-state index < -0.39 is 10.0 Å². The highest BCUT2D eigenvalue weighted by Crippen LogP contribution is 2.37. The van der Waals surface area contributed by atoms with Gasteiger partial charge in [-0.3, -0.25) is 4.79 Å². The molecule has 1 fully saturated rings. The molecule has 0 aliphatic carbocycles. The maximum absolute atomic E-state index is 12.8. The molecular formula is C17H17Br2IN2O3S2. The predicted octanol–water partition coefficient (Wildman–Crippen LogP) is 4.59. The molecule has 0 saturated carbocycles. The number of thiophene rings is 1. The van der Waals surface area contributed by atoms with Gasteiger partial charge in [0.1, 0.15) is 4.21 Å². The van der Waals surface area contributed by atoms with Crippen LogP contribution in [0.3, 0.4) is 0 Å². The monoisotopic (exact) mass is 646 g/mol. The minimum absolute atomic E-state index is 0.00721. The summed E-state index contributed by atoms with van der Waals surface area (Å²) < 4.78 is 29.9. The van der Waals surface area contributed by atoms with Crippen molar-refractivity contribution in [1.29, 1.82) is 0 Å². The van der Waals surface area contributed by atoms with Gasteiger partial charge in [-0.2, -0.15) is 4.31 Å². The maximum atomic E-state index is 12.8. The number of hydrogen-bond donors (Lipinski definition) is 1. The van der Waals surface area contributed by atoms with Crippen molar-refractivity contribution >= 4 is 81.7 Å². The molecule has 5 nitrogen and oxygen atoms in total. The lowest BCUT2D eigenvalue weighted by Crippen LogP contribution is -2.42. The molecule has 1 aromatic carbocycles. The van der Waals surface area contributed by atoms with Gasteiger partial charge in [-0.05, 0) is 91.1 Å². The van der Waals surface area contributed by atoms with E-state index in [1.807, 2.05) is 24.3 Å². The van der Waals surface area contributed by atoms with Gasteiger partial charge < -0.3 is 5.32 Å². The molecule has 1 aliphatic heterocycles. The molecule has 1 aromatic heterocycles. The topological polar surface area (TPSA) is 66.5 Å². The first-order valence-corrected chi connectivity index (χ1v) is 13.2. The van der Waals surface area contributed by atoms with Gasteiger partial charge in [-0.25, -0.2) is 8.42 Å². The Kier molecular flexibility index (Phi) is 7.40. The highest BCUT2D eigenvalue weighted by atomic mass is 127. The van der Waals surface area contributed by atoms with Gasteiger partial charge in [-0.1, -0.05) is 12.1 Å². The van der Waals surface area contributed by atoms with Gasteiger partial charge in [0.15, 0.2) is 0 Å². The van der Waals surface area contributed by atoms with Gasteiger partial charge >= 0.3 is 0 Å². The summed E-state index contributed by atoms with van der Waals surface area (Å²) in [6.07, 6.45) is 1.07. The third-order valence-electron chi connectivity index (χ3n) is 4.42. The number of amides is 1. The summed E-state index contributed by atoms with van der Waals surface area (Å²) in [5, 5.41) is 2.96. The first kappa shape index (κ1) is 21.7. The Morgan fingerprint density at radius 1 is 1.22 bits per heavy atom. The minimum atomic E-state index is -3.51. The van der Waals surface area contributed by atoms with Crippen LogP contribution in [0.15, 0.2) is 42.8 Å². The van der Waals surface area contributed by atoms with E-state index in [0.29, 0.717) is 36.7 Å². The molecule has 1 N–H and O–H groups in total. The van der Waals surface area contributed by atoms with Crippen LogP contribution in [0.5, 0.6) is 0 Å². The number of piperidine rings is 1. The van der Waals surface area contributed by atoms with Crippen molar-refractivity contribution in [2.45, 2.75) is 23.6 Å². The molecule has 10 heteroatoms. The van der Waals surface area contributed by atoms with Crippen LogP contribution >= 0.6 is 65.8 Å². The van der Waals surface area contributed by atoms with Gasteiger partial charge in [0.2, 0.25) is 5.91 Å². The van der Waals surface area contributed by atoms with Gasteiger partial charge in [0.05, 0.1) is 3.79 Å². The lowest BCUT2D eigenvalue weighted by atomic mass is 9.97. The smallest absolute Gasteiger partial charge is 0.252 e. The number of sulfonamides is 1. The van der Waals surface area contributed by atoms with Crippen LogP contribution < -0.4 is 5.32 Å². The molecule has 0 spiro atoms. The van der Waals surface area contributed by atoms with Crippen LogP contribution in [0.25, 0.3) is 0 Å². The molecule has 0 radical (unpaired) electrons. The molecule has 0 bridgehead atoms. The Balaban J connectivity index is 1.54. The fourth-order valence-electron chi connectivity index (χ4n) is 2.88. The number of benzene rings is 1. The van der Waals surface area contributed by atoms with Crippen LogP contribution in [0.1, 0.15) is 18.4 Å². The first-order chi connectivity index (χ1) is 12.8. The van der Waals surface area contributed by atoms with Crippen molar-refractivity contribution in [3.8, 4) is 0 Å². The number of halogens is 3. The number of nitrogens with one attached hydrogen (secondary N) is 1. The number of rotatable bonds is 5. The van der Waals surface area contributed by atoms with Crippen LogP contribution in [-0.4, -0.2) is 31.7 Å². The second-order valence-corrected chi connectivity index (χ2v) is 12.8. The normalized spacial score (nSPS) is 16.4. The maximum Gasteiger partial charge on any atom is 0.252 e. The fourth-order valence-corrected chi connectivity index (χ4v) is 7.68. The molecule has 3 rings (SSSR count). The summed E-state index contributed by atoms with van der Waals surface area (Å²) in [7, 11) is -3.51. The minimum Gasteiger partial charge on any atom is -0.352 e. The molecule has 27 heavy (non-hydrogen) atoms. The zero-order chi connectivity index (χ0) is 19.6. The van der Waals surface area contributed by atoms with E-state index in [2.05, 4.69) is 59.8 Å². The Bertz CT molecular complexity index is 905. The number of carbonyl (C=O) groups is 1. The van der Waals surface area contributed by atoms with Gasteiger partial charge in [0.25, 0.3) is 10.0 Å². The zero-order valence-electron chi connectivity index (χ0n) is 14.1. The molecular weight excluding hydrogens is 631 g/mol. The fraction of sp³-hybridized carbons (Fsp3) is 0.353. The van der Waals surface area contributed by atoms with E-state index in [0.717, 1.165) is 17.4 Å².